The number of phosphoric acid groups is 1. The van der Waals surface area contributed by atoms with E-state index < -0.39 is 52.3 Å². The van der Waals surface area contributed by atoms with Crippen molar-refractivity contribution in [1.82, 2.24) is 9.55 Å². The number of nitrogen functional groups attached to an aromatic ring is 1. The summed E-state index contributed by atoms with van der Waals surface area (Å²) in [7, 11) is -9.41. The molecule has 0 amide bonds. The fourth-order valence-corrected chi connectivity index (χ4v) is 7.38. The number of rotatable bonds is 21. The third kappa shape index (κ3) is 14.9. The van der Waals surface area contributed by atoms with Crippen molar-refractivity contribution in [3.05, 3.63) is 22.7 Å². The second kappa shape index (κ2) is 20.0. The van der Waals surface area contributed by atoms with Crippen molar-refractivity contribution in [2.45, 2.75) is 121 Å². The first-order valence-corrected chi connectivity index (χ1v) is 17.6. The van der Waals surface area contributed by atoms with Crippen molar-refractivity contribution in [2.24, 2.45) is 0 Å². The summed E-state index contributed by atoms with van der Waals surface area (Å²) in [6.45, 7) is 1.47. The maximum absolute atomic E-state index is 12.3. The van der Waals surface area contributed by atoms with E-state index in [1.807, 2.05) is 0 Å². The number of nitrogens with zero attached hydrogens (tertiary/aromatic N) is 2. The van der Waals surface area contributed by atoms with Gasteiger partial charge in [-0.3, -0.25) is 13.7 Å². The first kappa shape index (κ1) is 38.9. The number of aliphatic hydroxyl groups excluding tert-OH is 2. The number of ether oxygens (including phenoxy) is 1. The van der Waals surface area contributed by atoms with Crippen molar-refractivity contribution >= 4 is 21.2 Å². The Balaban J connectivity index is 0.00000840. The summed E-state index contributed by atoms with van der Waals surface area (Å²) in [5, 5.41) is 20.5. The van der Waals surface area contributed by atoms with Gasteiger partial charge in [-0.2, -0.15) is 4.98 Å². The van der Waals surface area contributed by atoms with Crippen LogP contribution in [0.1, 0.15) is 103 Å². The Hall–Kier alpha value is -0.140. The zero-order chi connectivity index (χ0) is 29.6. The van der Waals surface area contributed by atoms with Crippen molar-refractivity contribution in [2.75, 3.05) is 18.5 Å². The molecule has 0 saturated carbocycles. The Kier molecular flexibility index (Phi) is 19.0. The van der Waals surface area contributed by atoms with Gasteiger partial charge >= 0.3 is 50.7 Å². The molecule has 0 aliphatic carbocycles. The maximum Gasteiger partial charge on any atom is 1.00 e. The number of nitrogens with two attached hydrogens (primary N) is 1. The molecule has 16 heteroatoms. The Morgan fingerprint density at radius 2 is 1.44 bits per heavy atom. The standard InChI is InChI=1S/C25H47N3O10P2.Na/c1-2-3-4-5-6-7-8-9-10-11-12-13-14-15-18-39(32,33)38-40(34,35)36-19-20-22(29)23(30)24(37-20)28-17-16-21(26)27-25(28)31;/h16-17,20,22-24,29-30H,2-15,18-19H2,1H3,(H,32,33)(H,34,35)(H2,26,27,31);/q;+1. The smallest absolute Gasteiger partial charge is 0.387 e. The first-order chi connectivity index (χ1) is 19.0. The van der Waals surface area contributed by atoms with E-state index in [9.17, 15) is 33.9 Å². The van der Waals surface area contributed by atoms with Crippen LogP contribution in [0.4, 0.5) is 5.82 Å². The van der Waals surface area contributed by atoms with E-state index in [1.165, 1.54) is 70.1 Å². The van der Waals surface area contributed by atoms with Crippen LogP contribution < -0.4 is 41.0 Å². The predicted molar refractivity (Wildman–Crippen MR) is 151 cm³/mol. The molecule has 1 fully saturated rings. The van der Waals surface area contributed by atoms with Crippen LogP contribution in [0.2, 0.25) is 0 Å². The van der Waals surface area contributed by atoms with Gasteiger partial charge in [-0.05, 0) is 12.5 Å². The van der Waals surface area contributed by atoms with Crippen LogP contribution >= 0.6 is 15.4 Å². The van der Waals surface area contributed by atoms with Crippen molar-refractivity contribution < 1.29 is 72.3 Å². The molecule has 1 aliphatic rings. The fraction of sp³-hybridized carbons (Fsp3) is 0.840. The third-order valence-electron chi connectivity index (χ3n) is 6.89. The average molecular weight is 635 g/mol. The largest absolute Gasteiger partial charge is 1.00 e. The van der Waals surface area contributed by atoms with Gasteiger partial charge in [0.05, 0.1) is 12.8 Å². The van der Waals surface area contributed by atoms with Gasteiger partial charge in [-0.1, -0.05) is 90.4 Å². The average Bonchev–Trinajstić information content (AvgIpc) is 3.15. The van der Waals surface area contributed by atoms with Gasteiger partial charge in [0.1, 0.15) is 24.1 Å². The number of hydrogen-bond acceptors (Lipinski definition) is 10. The van der Waals surface area contributed by atoms with Gasteiger partial charge in [-0.15, -0.1) is 0 Å². The molecule has 1 saturated heterocycles. The number of unbranched alkanes of at least 4 members (excludes halogenated alkanes) is 13. The van der Waals surface area contributed by atoms with Crippen LogP contribution in [0.5, 0.6) is 0 Å². The predicted octanol–water partition coefficient (Wildman–Crippen LogP) is 1.25. The molecule has 2 rings (SSSR count). The molecule has 0 bridgehead atoms. The summed E-state index contributed by atoms with van der Waals surface area (Å²) in [6.07, 6.45) is 10.7. The monoisotopic (exact) mass is 634 g/mol. The Morgan fingerprint density at radius 1 is 0.927 bits per heavy atom. The van der Waals surface area contributed by atoms with Gasteiger partial charge in [0, 0.05) is 6.20 Å². The molecule has 1 aliphatic heterocycles. The molecule has 1 aromatic heterocycles. The van der Waals surface area contributed by atoms with Gasteiger partial charge in [0.25, 0.3) is 0 Å². The molecule has 2 heterocycles. The van der Waals surface area contributed by atoms with Gasteiger partial charge < -0.3 is 30.5 Å². The number of aromatic nitrogens is 2. The Labute approximate surface area is 264 Å². The minimum Gasteiger partial charge on any atom is -0.387 e. The molecule has 6 N–H and O–H groups in total. The molecule has 13 nitrogen and oxygen atoms in total. The second-order valence-electron chi connectivity index (χ2n) is 10.4. The minimum absolute atomic E-state index is 0. The Bertz CT molecular complexity index is 1030. The van der Waals surface area contributed by atoms with E-state index in [-0.39, 0.29) is 41.5 Å². The van der Waals surface area contributed by atoms with E-state index in [2.05, 4.69) is 16.2 Å². The first-order valence-electron chi connectivity index (χ1n) is 14.3. The molecular formula is C25H47N3NaO10P2+. The Morgan fingerprint density at radius 3 is 1.95 bits per heavy atom. The second-order valence-corrected chi connectivity index (χ2v) is 14.0. The summed E-state index contributed by atoms with van der Waals surface area (Å²) in [6, 6.07) is 1.29. The minimum atomic E-state index is -4.99. The number of phosphoric ester groups is 1. The van der Waals surface area contributed by atoms with Crippen LogP contribution in [0.3, 0.4) is 0 Å². The third-order valence-corrected chi connectivity index (χ3v) is 10.1. The van der Waals surface area contributed by atoms with Crippen LogP contribution in [0.25, 0.3) is 0 Å². The topological polar surface area (TPSA) is 204 Å². The van der Waals surface area contributed by atoms with Crippen molar-refractivity contribution in [3.8, 4) is 0 Å². The summed E-state index contributed by atoms with van der Waals surface area (Å²) >= 11 is 0. The van der Waals surface area contributed by atoms with Crippen LogP contribution in [-0.2, 0) is 22.7 Å². The van der Waals surface area contributed by atoms with Crippen LogP contribution in [0, 0.1) is 0 Å². The zero-order valence-corrected chi connectivity index (χ0v) is 28.2. The molecule has 6 atom stereocenters. The van der Waals surface area contributed by atoms with E-state index in [0.717, 1.165) is 23.8 Å². The summed E-state index contributed by atoms with van der Waals surface area (Å²) in [4.78, 5) is 35.5. The summed E-state index contributed by atoms with van der Waals surface area (Å²) < 4.78 is 40.2. The van der Waals surface area contributed by atoms with Crippen molar-refractivity contribution in [3.63, 3.8) is 0 Å². The van der Waals surface area contributed by atoms with E-state index in [4.69, 9.17) is 15.0 Å². The molecule has 0 aromatic carbocycles. The number of aliphatic hydroxyl groups is 2. The maximum atomic E-state index is 12.3. The number of hydrogen-bond donors (Lipinski definition) is 5. The zero-order valence-electron chi connectivity index (χ0n) is 24.4. The van der Waals surface area contributed by atoms with E-state index >= 15 is 0 Å². The van der Waals surface area contributed by atoms with Gasteiger partial charge in [-0.25, -0.2) is 13.7 Å². The normalized spacial score (nSPS) is 23.5. The molecule has 0 spiro atoms. The van der Waals surface area contributed by atoms with Gasteiger partial charge in [0.15, 0.2) is 6.23 Å². The SMILES string of the molecule is CCCCCCCCCCCCCCCCP(=O)(O)OP(=O)(O)OCC1OC(n2ccc(N)nc2=O)C(O)C1O.[Na+]. The van der Waals surface area contributed by atoms with Crippen LogP contribution in [0.15, 0.2) is 17.1 Å². The molecule has 1 aromatic rings. The van der Waals surface area contributed by atoms with Gasteiger partial charge in [0.2, 0.25) is 0 Å². The quantitative estimate of drug-likeness (QED) is 0.0737. The molecule has 0 radical (unpaired) electrons. The molecule has 41 heavy (non-hydrogen) atoms. The summed E-state index contributed by atoms with van der Waals surface area (Å²) in [5.41, 5.74) is 4.60. The van der Waals surface area contributed by atoms with Crippen molar-refractivity contribution in [1.29, 1.82) is 0 Å². The molecular weight excluding hydrogens is 587 g/mol. The molecule has 6 unspecified atom stereocenters. The number of anilines is 1. The fourth-order valence-electron chi connectivity index (χ4n) is 4.62. The summed E-state index contributed by atoms with van der Waals surface area (Å²) in [5.74, 6) is -0.0462. The van der Waals surface area contributed by atoms with Crippen LogP contribution in [-0.4, -0.2) is 60.6 Å². The molecule has 232 valence electrons. The van der Waals surface area contributed by atoms with E-state index in [0.29, 0.717) is 12.8 Å². The van der Waals surface area contributed by atoms with E-state index in [1.54, 1.807) is 0 Å².